The van der Waals surface area contributed by atoms with Crippen molar-refractivity contribution in [1.29, 1.82) is 0 Å². The molecule has 4 rings (SSSR count). The van der Waals surface area contributed by atoms with Gasteiger partial charge in [-0.2, -0.15) is 0 Å². The largest absolute Gasteiger partial charge is 0.506 e. The van der Waals surface area contributed by atoms with E-state index in [1.165, 1.54) is 6.07 Å². The lowest BCUT2D eigenvalue weighted by Gasteiger charge is -2.15. The third-order valence-corrected chi connectivity index (χ3v) is 4.56. The molecule has 1 aliphatic heterocycles. The number of carbonyl (C=O) groups is 3. The lowest BCUT2D eigenvalue weighted by molar-refractivity contribution is 0.0924. The Kier molecular flexibility index (Phi) is 4.16. The number of rotatable bonds is 3. The molecule has 0 atom stereocenters. The van der Waals surface area contributed by atoms with Crippen LogP contribution in [0.4, 0.5) is 11.4 Å². The zero-order chi connectivity index (χ0) is 19.8. The molecule has 0 radical (unpaired) electrons. The number of nitrogens with zero attached hydrogens (tertiary/aromatic N) is 1. The van der Waals surface area contributed by atoms with Gasteiger partial charge < -0.3 is 10.4 Å². The number of hydrogen-bond acceptors (Lipinski definition) is 4. The Bertz CT molecular complexity index is 1100. The number of benzene rings is 3. The number of phenolic OH excluding ortho intramolecular Hbond substituents is 1. The first kappa shape index (κ1) is 17.5. The van der Waals surface area contributed by atoms with Gasteiger partial charge in [-0.05, 0) is 55.0 Å². The van der Waals surface area contributed by atoms with E-state index in [4.69, 9.17) is 0 Å². The van der Waals surface area contributed by atoms with Crippen molar-refractivity contribution < 1.29 is 19.5 Å². The predicted molar refractivity (Wildman–Crippen MR) is 105 cm³/mol. The van der Waals surface area contributed by atoms with E-state index in [-0.39, 0.29) is 17.0 Å². The van der Waals surface area contributed by atoms with Crippen molar-refractivity contribution in [3.8, 4) is 5.75 Å². The zero-order valence-corrected chi connectivity index (χ0v) is 15.0. The van der Waals surface area contributed by atoms with Crippen LogP contribution < -0.4 is 10.2 Å². The van der Waals surface area contributed by atoms with Crippen LogP contribution in [0.1, 0.15) is 36.6 Å². The van der Waals surface area contributed by atoms with Crippen LogP contribution in [0.2, 0.25) is 0 Å². The highest BCUT2D eigenvalue weighted by Gasteiger charge is 2.36. The van der Waals surface area contributed by atoms with E-state index < -0.39 is 17.7 Å². The summed E-state index contributed by atoms with van der Waals surface area (Å²) in [7, 11) is 0. The van der Waals surface area contributed by atoms with Crippen molar-refractivity contribution in [3.05, 3.63) is 89.0 Å². The molecule has 0 saturated heterocycles. The van der Waals surface area contributed by atoms with Crippen molar-refractivity contribution in [2.75, 3.05) is 10.2 Å². The Hall–Kier alpha value is -3.93. The van der Waals surface area contributed by atoms with Gasteiger partial charge in [0, 0.05) is 5.56 Å². The molecule has 0 aromatic heterocycles. The summed E-state index contributed by atoms with van der Waals surface area (Å²) in [6, 6.07) is 17.8. The molecular formula is C22H16N2O4. The minimum absolute atomic E-state index is 0.0372. The van der Waals surface area contributed by atoms with Crippen LogP contribution in [0.5, 0.6) is 5.75 Å². The topological polar surface area (TPSA) is 86.7 Å². The Labute approximate surface area is 161 Å². The highest BCUT2D eigenvalue weighted by atomic mass is 16.3. The number of carbonyl (C=O) groups excluding carboxylic acids is 3. The number of aryl methyl sites for hydroxylation is 1. The molecule has 28 heavy (non-hydrogen) atoms. The van der Waals surface area contributed by atoms with Crippen LogP contribution in [0, 0.1) is 6.92 Å². The fourth-order valence-corrected chi connectivity index (χ4v) is 3.15. The summed E-state index contributed by atoms with van der Waals surface area (Å²) in [5, 5.41) is 12.6. The first-order valence-electron chi connectivity index (χ1n) is 8.64. The molecule has 0 bridgehead atoms. The average Bonchev–Trinajstić information content (AvgIpc) is 2.95. The van der Waals surface area contributed by atoms with E-state index in [0.717, 1.165) is 10.5 Å². The molecule has 1 aliphatic rings. The van der Waals surface area contributed by atoms with Gasteiger partial charge in [0.05, 0.1) is 22.5 Å². The number of imide groups is 1. The Balaban J connectivity index is 1.63. The maximum absolute atomic E-state index is 12.6. The number of nitrogens with one attached hydrogen (secondary N) is 1. The molecule has 6 nitrogen and oxygen atoms in total. The smallest absolute Gasteiger partial charge is 0.266 e. The van der Waals surface area contributed by atoms with Gasteiger partial charge in [0.25, 0.3) is 17.7 Å². The van der Waals surface area contributed by atoms with Gasteiger partial charge >= 0.3 is 0 Å². The van der Waals surface area contributed by atoms with E-state index in [1.54, 1.807) is 60.7 Å². The monoisotopic (exact) mass is 372 g/mol. The quantitative estimate of drug-likeness (QED) is 0.541. The van der Waals surface area contributed by atoms with Crippen molar-refractivity contribution in [2.45, 2.75) is 6.92 Å². The summed E-state index contributed by atoms with van der Waals surface area (Å²) < 4.78 is 0. The maximum Gasteiger partial charge on any atom is 0.266 e. The molecular weight excluding hydrogens is 356 g/mol. The minimum atomic E-state index is -0.461. The Morgan fingerprint density at radius 1 is 0.893 bits per heavy atom. The molecule has 1 heterocycles. The van der Waals surface area contributed by atoms with E-state index in [9.17, 15) is 19.5 Å². The molecule has 138 valence electrons. The molecule has 0 unspecified atom stereocenters. The molecule has 3 aromatic rings. The SMILES string of the molecule is Cc1ccc(NC(=O)c2cccc(N3C(=O)c4ccccc4C3=O)c2)c(O)c1. The average molecular weight is 372 g/mol. The Morgan fingerprint density at radius 3 is 2.21 bits per heavy atom. The summed E-state index contributed by atoms with van der Waals surface area (Å²) in [6.07, 6.45) is 0. The molecule has 0 spiro atoms. The number of anilines is 2. The van der Waals surface area contributed by atoms with E-state index in [1.807, 2.05) is 6.92 Å². The summed E-state index contributed by atoms with van der Waals surface area (Å²) in [5.74, 6) is -1.34. The molecule has 2 N–H and O–H groups in total. The molecule has 0 aliphatic carbocycles. The van der Waals surface area contributed by atoms with Gasteiger partial charge in [-0.25, -0.2) is 4.90 Å². The normalized spacial score (nSPS) is 12.8. The Morgan fingerprint density at radius 2 is 1.57 bits per heavy atom. The third-order valence-electron chi connectivity index (χ3n) is 4.56. The first-order chi connectivity index (χ1) is 13.5. The van der Waals surface area contributed by atoms with Crippen LogP contribution >= 0.6 is 0 Å². The van der Waals surface area contributed by atoms with Crippen LogP contribution in [0.3, 0.4) is 0 Å². The van der Waals surface area contributed by atoms with Gasteiger partial charge in [0.15, 0.2) is 0 Å². The summed E-state index contributed by atoms with van der Waals surface area (Å²) in [6.45, 7) is 1.83. The fraction of sp³-hybridized carbons (Fsp3) is 0.0455. The van der Waals surface area contributed by atoms with Crippen LogP contribution in [-0.2, 0) is 0 Å². The molecule has 0 fully saturated rings. The van der Waals surface area contributed by atoms with Crippen molar-refractivity contribution in [2.24, 2.45) is 0 Å². The fourth-order valence-electron chi connectivity index (χ4n) is 3.15. The van der Waals surface area contributed by atoms with Crippen molar-refractivity contribution in [1.82, 2.24) is 0 Å². The molecule has 6 heteroatoms. The lowest BCUT2D eigenvalue weighted by Crippen LogP contribution is -2.29. The number of fused-ring (bicyclic) bond motifs is 1. The maximum atomic E-state index is 12.6. The van der Waals surface area contributed by atoms with Crippen LogP contribution in [0.25, 0.3) is 0 Å². The highest BCUT2D eigenvalue weighted by Crippen LogP contribution is 2.29. The van der Waals surface area contributed by atoms with Gasteiger partial charge in [-0.15, -0.1) is 0 Å². The molecule has 0 saturated carbocycles. The molecule has 3 amide bonds. The van der Waals surface area contributed by atoms with Crippen LogP contribution in [0.15, 0.2) is 66.7 Å². The minimum Gasteiger partial charge on any atom is -0.506 e. The number of aromatic hydroxyl groups is 1. The van der Waals surface area contributed by atoms with Crippen molar-refractivity contribution in [3.63, 3.8) is 0 Å². The number of amides is 3. The van der Waals surface area contributed by atoms with E-state index in [2.05, 4.69) is 5.32 Å². The second-order valence-electron chi connectivity index (χ2n) is 6.52. The number of hydrogen-bond donors (Lipinski definition) is 2. The van der Waals surface area contributed by atoms with Crippen molar-refractivity contribution >= 4 is 29.1 Å². The van der Waals surface area contributed by atoms with E-state index in [0.29, 0.717) is 16.8 Å². The zero-order valence-electron chi connectivity index (χ0n) is 15.0. The summed E-state index contributed by atoms with van der Waals surface area (Å²) in [5.41, 5.74) is 2.39. The lowest BCUT2D eigenvalue weighted by atomic mass is 10.1. The van der Waals surface area contributed by atoms with E-state index >= 15 is 0 Å². The summed E-state index contributed by atoms with van der Waals surface area (Å²) >= 11 is 0. The third kappa shape index (κ3) is 2.91. The van der Waals surface area contributed by atoms with Crippen LogP contribution in [-0.4, -0.2) is 22.8 Å². The highest BCUT2D eigenvalue weighted by molar-refractivity contribution is 6.34. The van der Waals surface area contributed by atoms with Gasteiger partial charge in [0.1, 0.15) is 5.75 Å². The van der Waals surface area contributed by atoms with Gasteiger partial charge in [-0.3, -0.25) is 14.4 Å². The second-order valence-corrected chi connectivity index (χ2v) is 6.52. The predicted octanol–water partition coefficient (Wildman–Crippen LogP) is 3.75. The van der Waals surface area contributed by atoms with Gasteiger partial charge in [0.2, 0.25) is 0 Å². The number of phenols is 1. The molecule has 3 aromatic carbocycles. The van der Waals surface area contributed by atoms with Gasteiger partial charge in [-0.1, -0.05) is 24.3 Å². The second kappa shape index (κ2) is 6.66. The first-order valence-corrected chi connectivity index (χ1v) is 8.64. The summed E-state index contributed by atoms with van der Waals surface area (Å²) in [4.78, 5) is 38.9. The standard InChI is InChI=1S/C22H16N2O4/c1-13-9-10-18(19(25)11-13)23-20(26)14-5-4-6-15(12-14)24-21(27)16-7-2-3-8-17(16)22(24)28/h2-12,25H,1H3,(H,23,26).